The maximum Gasteiger partial charge on any atom is 0.213 e. The average Bonchev–Trinajstić information content (AvgIpc) is 3.12. The summed E-state index contributed by atoms with van der Waals surface area (Å²) < 4.78 is 6.02. The molecule has 0 radical (unpaired) electrons. The van der Waals surface area contributed by atoms with Crippen molar-refractivity contribution in [1.29, 1.82) is 0 Å². The molecule has 1 atom stereocenters. The summed E-state index contributed by atoms with van der Waals surface area (Å²) in [5.41, 5.74) is 3.05. The van der Waals surface area contributed by atoms with Gasteiger partial charge in [-0.15, -0.1) is 0 Å². The number of ether oxygens (including phenoxy) is 1. The number of pyridine rings is 2. The monoisotopic (exact) mass is 347 g/mol. The van der Waals surface area contributed by atoms with Gasteiger partial charge in [0.05, 0.1) is 6.54 Å². The molecule has 0 aliphatic carbocycles. The van der Waals surface area contributed by atoms with E-state index in [0.29, 0.717) is 5.88 Å². The van der Waals surface area contributed by atoms with E-state index in [1.165, 1.54) is 0 Å². The van der Waals surface area contributed by atoms with Crippen LogP contribution in [0.4, 0.5) is 5.82 Å². The van der Waals surface area contributed by atoms with Crippen LogP contribution in [0, 0.1) is 13.8 Å². The Balaban J connectivity index is 1.50. The van der Waals surface area contributed by atoms with Crippen molar-refractivity contribution in [1.82, 2.24) is 19.9 Å². The molecule has 6 nitrogen and oxygen atoms in total. The predicted octanol–water partition coefficient (Wildman–Crippen LogP) is 3.21. The molecule has 3 aromatic heterocycles. The van der Waals surface area contributed by atoms with Crippen molar-refractivity contribution in [2.75, 3.05) is 18.0 Å². The van der Waals surface area contributed by atoms with Gasteiger partial charge in [0.25, 0.3) is 0 Å². The van der Waals surface area contributed by atoms with E-state index in [-0.39, 0.29) is 6.10 Å². The summed E-state index contributed by atoms with van der Waals surface area (Å²) >= 11 is 0. The van der Waals surface area contributed by atoms with Gasteiger partial charge in [-0.25, -0.2) is 15.0 Å². The summed E-state index contributed by atoms with van der Waals surface area (Å²) in [5, 5.41) is 0. The topological polar surface area (TPSA) is 64.0 Å². The SMILES string of the molecule is Cc1ccc(OC2CCN(c3cc(C)nc(-c4ccncc4)n3)C2)nc1. The van der Waals surface area contributed by atoms with E-state index >= 15 is 0 Å². The Kier molecular flexibility index (Phi) is 4.48. The third-order valence-electron chi connectivity index (χ3n) is 4.42. The first-order chi connectivity index (χ1) is 12.7. The maximum atomic E-state index is 6.02. The lowest BCUT2D eigenvalue weighted by Crippen LogP contribution is -2.25. The molecule has 0 N–H and O–H groups in total. The van der Waals surface area contributed by atoms with E-state index in [2.05, 4.69) is 19.9 Å². The first kappa shape index (κ1) is 16.4. The van der Waals surface area contributed by atoms with Gasteiger partial charge in [0.15, 0.2) is 5.82 Å². The summed E-state index contributed by atoms with van der Waals surface area (Å²) in [5.74, 6) is 2.35. The van der Waals surface area contributed by atoms with Crippen LogP contribution in [0.2, 0.25) is 0 Å². The number of aromatic nitrogens is 4. The zero-order valence-electron chi connectivity index (χ0n) is 15.0. The minimum Gasteiger partial charge on any atom is -0.472 e. The van der Waals surface area contributed by atoms with Gasteiger partial charge in [0.2, 0.25) is 5.88 Å². The predicted molar refractivity (Wildman–Crippen MR) is 100 cm³/mol. The second kappa shape index (κ2) is 7.07. The third kappa shape index (κ3) is 3.64. The lowest BCUT2D eigenvalue weighted by atomic mass is 10.2. The molecule has 0 aromatic carbocycles. The van der Waals surface area contributed by atoms with E-state index in [1.54, 1.807) is 12.4 Å². The molecule has 0 bridgehead atoms. The van der Waals surface area contributed by atoms with Gasteiger partial charge in [-0.2, -0.15) is 0 Å². The van der Waals surface area contributed by atoms with Crippen LogP contribution in [-0.2, 0) is 0 Å². The number of aryl methyl sites for hydroxylation is 2. The molecular formula is C20H21N5O. The lowest BCUT2D eigenvalue weighted by Gasteiger charge is -2.19. The fraction of sp³-hybridized carbons (Fsp3) is 0.300. The Labute approximate surface area is 152 Å². The van der Waals surface area contributed by atoms with Gasteiger partial charge < -0.3 is 9.64 Å². The Morgan fingerprint density at radius 2 is 1.92 bits per heavy atom. The highest BCUT2D eigenvalue weighted by Crippen LogP contribution is 2.24. The molecule has 4 rings (SSSR count). The van der Waals surface area contributed by atoms with E-state index in [0.717, 1.165) is 48.0 Å². The van der Waals surface area contributed by atoms with Crippen LogP contribution in [0.25, 0.3) is 11.4 Å². The molecule has 1 fully saturated rings. The van der Waals surface area contributed by atoms with E-state index in [9.17, 15) is 0 Å². The van der Waals surface area contributed by atoms with Crippen LogP contribution in [-0.4, -0.2) is 39.1 Å². The number of rotatable bonds is 4. The second-order valence-electron chi connectivity index (χ2n) is 6.58. The fourth-order valence-electron chi connectivity index (χ4n) is 3.07. The number of anilines is 1. The van der Waals surface area contributed by atoms with Crippen LogP contribution < -0.4 is 9.64 Å². The molecule has 4 heterocycles. The highest BCUT2D eigenvalue weighted by molar-refractivity contribution is 5.57. The smallest absolute Gasteiger partial charge is 0.213 e. The van der Waals surface area contributed by atoms with Crippen molar-refractivity contribution < 1.29 is 4.74 Å². The molecule has 0 amide bonds. The molecule has 6 heteroatoms. The highest BCUT2D eigenvalue weighted by Gasteiger charge is 2.26. The van der Waals surface area contributed by atoms with Gasteiger partial charge in [-0.05, 0) is 31.5 Å². The molecule has 0 saturated carbocycles. The summed E-state index contributed by atoms with van der Waals surface area (Å²) in [7, 11) is 0. The van der Waals surface area contributed by atoms with Gasteiger partial charge in [0, 0.05) is 54.9 Å². The largest absolute Gasteiger partial charge is 0.472 e. The summed E-state index contributed by atoms with van der Waals surface area (Å²) in [6, 6.07) is 9.82. The van der Waals surface area contributed by atoms with Crippen LogP contribution in [0.1, 0.15) is 17.7 Å². The molecule has 3 aromatic rings. The molecule has 132 valence electrons. The van der Waals surface area contributed by atoms with Gasteiger partial charge in [-0.1, -0.05) is 6.07 Å². The zero-order valence-corrected chi connectivity index (χ0v) is 15.0. The average molecular weight is 347 g/mol. The fourth-order valence-corrected chi connectivity index (χ4v) is 3.07. The number of hydrogen-bond donors (Lipinski definition) is 0. The first-order valence-corrected chi connectivity index (χ1v) is 8.78. The van der Waals surface area contributed by atoms with Crippen molar-refractivity contribution >= 4 is 5.82 Å². The Morgan fingerprint density at radius 3 is 2.69 bits per heavy atom. The molecule has 0 spiro atoms. The quantitative estimate of drug-likeness (QED) is 0.722. The summed E-state index contributed by atoms with van der Waals surface area (Å²) in [6.45, 7) is 5.71. The molecular weight excluding hydrogens is 326 g/mol. The lowest BCUT2D eigenvalue weighted by molar-refractivity contribution is 0.216. The van der Waals surface area contributed by atoms with Gasteiger partial charge >= 0.3 is 0 Å². The van der Waals surface area contributed by atoms with Crippen molar-refractivity contribution in [3.05, 3.63) is 60.2 Å². The minimum atomic E-state index is 0.116. The zero-order chi connectivity index (χ0) is 17.9. The summed E-state index contributed by atoms with van der Waals surface area (Å²) in [6.07, 6.45) is 6.41. The van der Waals surface area contributed by atoms with Crippen molar-refractivity contribution in [2.24, 2.45) is 0 Å². The Bertz CT molecular complexity index is 882. The third-order valence-corrected chi connectivity index (χ3v) is 4.42. The first-order valence-electron chi connectivity index (χ1n) is 8.78. The van der Waals surface area contributed by atoms with Crippen molar-refractivity contribution in [2.45, 2.75) is 26.4 Å². The highest BCUT2D eigenvalue weighted by atomic mass is 16.5. The van der Waals surface area contributed by atoms with Crippen molar-refractivity contribution in [3.63, 3.8) is 0 Å². The Morgan fingerprint density at radius 1 is 1.08 bits per heavy atom. The standard InChI is InChI=1S/C20H21N5O/c1-14-3-4-19(22-12-14)26-17-7-10-25(13-17)18-11-15(2)23-20(24-18)16-5-8-21-9-6-16/h3-6,8-9,11-12,17H,7,10,13H2,1-2H3. The summed E-state index contributed by atoms with van der Waals surface area (Å²) in [4.78, 5) is 20.0. The van der Waals surface area contributed by atoms with E-state index in [4.69, 9.17) is 9.72 Å². The molecule has 1 saturated heterocycles. The second-order valence-corrected chi connectivity index (χ2v) is 6.58. The number of nitrogens with zero attached hydrogens (tertiary/aromatic N) is 5. The maximum absolute atomic E-state index is 6.02. The molecule has 1 aliphatic rings. The van der Waals surface area contributed by atoms with Crippen LogP contribution in [0.3, 0.4) is 0 Å². The van der Waals surface area contributed by atoms with Crippen molar-refractivity contribution in [3.8, 4) is 17.3 Å². The van der Waals surface area contributed by atoms with Crippen LogP contribution in [0.5, 0.6) is 5.88 Å². The normalized spacial score (nSPS) is 16.7. The van der Waals surface area contributed by atoms with E-state index < -0.39 is 0 Å². The molecule has 1 unspecified atom stereocenters. The van der Waals surface area contributed by atoms with E-state index in [1.807, 2.05) is 50.4 Å². The molecule has 26 heavy (non-hydrogen) atoms. The molecule has 1 aliphatic heterocycles. The van der Waals surface area contributed by atoms with Crippen LogP contribution in [0.15, 0.2) is 48.9 Å². The minimum absolute atomic E-state index is 0.116. The van der Waals surface area contributed by atoms with Gasteiger partial charge in [0.1, 0.15) is 11.9 Å². The Hall–Kier alpha value is -3.02. The number of hydrogen-bond acceptors (Lipinski definition) is 6. The van der Waals surface area contributed by atoms with Crippen LogP contribution >= 0.6 is 0 Å². The van der Waals surface area contributed by atoms with Gasteiger partial charge in [-0.3, -0.25) is 4.98 Å².